The van der Waals surface area contributed by atoms with Crippen molar-refractivity contribution in [3.8, 4) is 0 Å². The van der Waals surface area contributed by atoms with Gasteiger partial charge in [-0.1, -0.05) is 48.5 Å². The van der Waals surface area contributed by atoms with Crippen molar-refractivity contribution in [2.24, 2.45) is 0 Å². The quantitative estimate of drug-likeness (QED) is 0.491. The van der Waals surface area contributed by atoms with Gasteiger partial charge in [0, 0.05) is 0 Å². The van der Waals surface area contributed by atoms with Gasteiger partial charge in [0.25, 0.3) is 0 Å². The molecule has 1 aliphatic carbocycles. The Morgan fingerprint density at radius 2 is 1.62 bits per heavy atom. The molecular formula is C18H14O3. The second kappa shape index (κ2) is 3.83. The lowest BCUT2D eigenvalue weighted by Gasteiger charge is -2.25. The third kappa shape index (κ3) is 1.43. The lowest BCUT2D eigenvalue weighted by atomic mass is 9.83. The third-order valence-corrected chi connectivity index (χ3v) is 4.77. The number of ether oxygens (including phenoxy) is 1. The summed E-state index contributed by atoms with van der Waals surface area (Å²) in [5.74, 6) is 0. The van der Waals surface area contributed by atoms with E-state index in [1.807, 2.05) is 24.3 Å². The number of epoxide rings is 1. The largest absolute Gasteiger partial charge is 0.387 e. The molecule has 3 aromatic rings. The van der Waals surface area contributed by atoms with Crippen molar-refractivity contribution >= 4 is 21.5 Å². The van der Waals surface area contributed by atoms with Gasteiger partial charge >= 0.3 is 0 Å². The molecule has 0 bridgehead atoms. The van der Waals surface area contributed by atoms with E-state index in [0.29, 0.717) is 0 Å². The van der Waals surface area contributed by atoms with Gasteiger partial charge in [-0.25, -0.2) is 0 Å². The van der Waals surface area contributed by atoms with E-state index >= 15 is 0 Å². The molecular weight excluding hydrogens is 264 g/mol. The Hall–Kier alpha value is -1.94. The number of fused-ring (bicyclic) bond motifs is 7. The zero-order valence-electron chi connectivity index (χ0n) is 11.2. The summed E-state index contributed by atoms with van der Waals surface area (Å²) in [5.41, 5.74) is 1.84. The van der Waals surface area contributed by atoms with Crippen LogP contribution in [-0.2, 0) is 4.74 Å². The van der Waals surface area contributed by atoms with Crippen LogP contribution in [0.5, 0.6) is 0 Å². The average molecular weight is 278 g/mol. The highest BCUT2D eigenvalue weighted by atomic mass is 16.6. The first-order chi connectivity index (χ1) is 10.3. The third-order valence-electron chi connectivity index (χ3n) is 4.77. The van der Waals surface area contributed by atoms with Crippen molar-refractivity contribution in [1.82, 2.24) is 0 Å². The van der Waals surface area contributed by atoms with Crippen LogP contribution in [0.1, 0.15) is 23.3 Å². The highest BCUT2D eigenvalue weighted by molar-refractivity contribution is 6.10. The topological polar surface area (TPSA) is 53.0 Å². The van der Waals surface area contributed by atoms with E-state index < -0.39 is 12.2 Å². The average Bonchev–Trinajstić information content (AvgIpc) is 3.32. The molecule has 3 heteroatoms. The monoisotopic (exact) mass is 278 g/mol. The second-order valence-electron chi connectivity index (χ2n) is 5.91. The Balaban J connectivity index is 1.95. The molecule has 1 aliphatic heterocycles. The molecule has 1 fully saturated rings. The molecule has 0 aromatic heterocycles. The Kier molecular flexibility index (Phi) is 2.13. The van der Waals surface area contributed by atoms with Gasteiger partial charge in [0.1, 0.15) is 24.4 Å². The van der Waals surface area contributed by atoms with Crippen LogP contribution < -0.4 is 0 Å². The van der Waals surface area contributed by atoms with Gasteiger partial charge in [-0.2, -0.15) is 0 Å². The zero-order chi connectivity index (χ0) is 14.1. The van der Waals surface area contributed by atoms with Crippen LogP contribution in [0.4, 0.5) is 0 Å². The SMILES string of the molecule is O[C@H]1[C@H]2O[C@H]2c2c(ccc3ccc4ccccc4c23)[C@@H]1O. The molecule has 1 saturated heterocycles. The Bertz CT molecular complexity index is 886. The van der Waals surface area contributed by atoms with Gasteiger partial charge in [-0.15, -0.1) is 0 Å². The molecule has 2 N–H and O–H groups in total. The summed E-state index contributed by atoms with van der Waals surface area (Å²) in [4.78, 5) is 0. The van der Waals surface area contributed by atoms with Gasteiger partial charge in [0.05, 0.1) is 0 Å². The summed E-state index contributed by atoms with van der Waals surface area (Å²) in [6.07, 6.45) is -2.05. The van der Waals surface area contributed by atoms with Crippen molar-refractivity contribution in [3.05, 3.63) is 59.7 Å². The van der Waals surface area contributed by atoms with E-state index in [9.17, 15) is 10.2 Å². The molecule has 0 amide bonds. The number of aliphatic hydroxyl groups excluding tert-OH is 2. The molecule has 1 heterocycles. The maximum Gasteiger partial charge on any atom is 0.118 e. The van der Waals surface area contributed by atoms with Gasteiger partial charge in [-0.3, -0.25) is 0 Å². The van der Waals surface area contributed by atoms with Crippen molar-refractivity contribution in [1.29, 1.82) is 0 Å². The van der Waals surface area contributed by atoms with Gasteiger partial charge in [0.15, 0.2) is 0 Å². The molecule has 0 radical (unpaired) electrons. The van der Waals surface area contributed by atoms with Gasteiger partial charge in [0.2, 0.25) is 0 Å². The second-order valence-corrected chi connectivity index (χ2v) is 5.91. The molecule has 0 saturated carbocycles. The highest BCUT2D eigenvalue weighted by Gasteiger charge is 2.54. The number of hydrogen-bond acceptors (Lipinski definition) is 3. The zero-order valence-corrected chi connectivity index (χ0v) is 11.2. The Morgan fingerprint density at radius 1 is 0.857 bits per heavy atom. The fraction of sp³-hybridized carbons (Fsp3) is 0.222. The van der Waals surface area contributed by atoms with Crippen LogP contribution in [0.3, 0.4) is 0 Å². The highest BCUT2D eigenvalue weighted by Crippen LogP contribution is 2.53. The fourth-order valence-electron chi connectivity index (χ4n) is 3.69. The van der Waals surface area contributed by atoms with Crippen molar-refractivity contribution in [2.75, 3.05) is 0 Å². The first-order valence-electron chi connectivity index (χ1n) is 7.21. The summed E-state index contributed by atoms with van der Waals surface area (Å²) in [5, 5.41) is 25.0. The molecule has 4 atom stereocenters. The lowest BCUT2D eigenvalue weighted by Crippen LogP contribution is -2.29. The molecule has 3 aromatic carbocycles. The lowest BCUT2D eigenvalue weighted by molar-refractivity contribution is 0.000109. The predicted molar refractivity (Wildman–Crippen MR) is 80.0 cm³/mol. The van der Waals surface area contributed by atoms with Crippen molar-refractivity contribution in [2.45, 2.75) is 24.4 Å². The van der Waals surface area contributed by atoms with Crippen molar-refractivity contribution in [3.63, 3.8) is 0 Å². The Morgan fingerprint density at radius 3 is 2.52 bits per heavy atom. The van der Waals surface area contributed by atoms with Crippen LogP contribution in [0.15, 0.2) is 48.5 Å². The molecule has 104 valence electrons. The molecule has 0 unspecified atom stereocenters. The molecule has 0 spiro atoms. The van der Waals surface area contributed by atoms with Crippen LogP contribution in [-0.4, -0.2) is 22.4 Å². The number of benzene rings is 3. The minimum absolute atomic E-state index is 0.0899. The minimum atomic E-state index is -0.868. The Labute approximate surface area is 121 Å². The standard InChI is InChI=1S/C18H14O3/c19-15-12-8-7-10-6-5-9-3-1-2-4-11(9)13(10)14(12)17-18(21-17)16(15)20/h1-8,15-20H/t15-,16+,17-,18+/m0/s1. The van der Waals surface area contributed by atoms with E-state index in [0.717, 1.165) is 21.9 Å². The summed E-state index contributed by atoms with van der Waals surface area (Å²) >= 11 is 0. The molecule has 3 nitrogen and oxygen atoms in total. The number of rotatable bonds is 0. The van der Waals surface area contributed by atoms with Crippen molar-refractivity contribution < 1.29 is 14.9 Å². The van der Waals surface area contributed by atoms with E-state index in [1.165, 1.54) is 10.8 Å². The van der Waals surface area contributed by atoms with E-state index in [4.69, 9.17) is 4.74 Å². The van der Waals surface area contributed by atoms with Crippen LogP contribution in [0.25, 0.3) is 21.5 Å². The van der Waals surface area contributed by atoms with Crippen LogP contribution in [0.2, 0.25) is 0 Å². The number of aliphatic hydroxyl groups is 2. The van der Waals surface area contributed by atoms with Crippen LogP contribution >= 0.6 is 0 Å². The van der Waals surface area contributed by atoms with E-state index in [2.05, 4.69) is 24.3 Å². The van der Waals surface area contributed by atoms with E-state index in [-0.39, 0.29) is 12.2 Å². The fourth-order valence-corrected chi connectivity index (χ4v) is 3.69. The molecule has 21 heavy (non-hydrogen) atoms. The minimum Gasteiger partial charge on any atom is -0.387 e. The number of hydrogen-bond donors (Lipinski definition) is 2. The maximum atomic E-state index is 10.3. The summed E-state index contributed by atoms with van der Waals surface area (Å²) < 4.78 is 5.63. The first kappa shape index (κ1) is 11.7. The van der Waals surface area contributed by atoms with Gasteiger partial charge < -0.3 is 14.9 Å². The predicted octanol–water partition coefficient (Wildman–Crippen LogP) is 2.84. The summed E-state index contributed by atoms with van der Waals surface area (Å²) in [6, 6.07) is 16.4. The van der Waals surface area contributed by atoms with E-state index in [1.54, 1.807) is 0 Å². The van der Waals surface area contributed by atoms with Crippen LogP contribution in [0, 0.1) is 0 Å². The summed E-state index contributed by atoms with van der Waals surface area (Å²) in [6.45, 7) is 0. The first-order valence-corrected chi connectivity index (χ1v) is 7.21. The summed E-state index contributed by atoms with van der Waals surface area (Å²) in [7, 11) is 0. The van der Waals surface area contributed by atoms with Gasteiger partial charge in [-0.05, 0) is 32.7 Å². The maximum absolute atomic E-state index is 10.3. The molecule has 2 aliphatic rings. The molecule has 5 rings (SSSR count). The normalized spacial score (nSPS) is 30.2. The smallest absolute Gasteiger partial charge is 0.118 e.